The summed E-state index contributed by atoms with van der Waals surface area (Å²) >= 11 is 0. The van der Waals surface area contributed by atoms with Crippen molar-refractivity contribution >= 4 is 5.78 Å². The van der Waals surface area contributed by atoms with Crippen LogP contribution in [-0.2, 0) is 4.79 Å². The van der Waals surface area contributed by atoms with Crippen LogP contribution in [0.3, 0.4) is 0 Å². The summed E-state index contributed by atoms with van der Waals surface area (Å²) in [6.07, 6.45) is 12.9. The quantitative estimate of drug-likeness (QED) is 0.585. The Morgan fingerprint density at radius 1 is 1.15 bits per heavy atom. The van der Waals surface area contributed by atoms with E-state index < -0.39 is 0 Å². The highest BCUT2D eigenvalue weighted by atomic mass is 16.3. The van der Waals surface area contributed by atoms with E-state index in [0.29, 0.717) is 29.5 Å². The molecule has 3 heteroatoms. The first-order valence-electron chi connectivity index (χ1n) is 11.0. The normalized spacial score (nSPS) is 49.6. The second kappa shape index (κ2) is 6.74. The van der Waals surface area contributed by atoms with Crippen LogP contribution in [0.4, 0.5) is 0 Å². The van der Waals surface area contributed by atoms with Crippen LogP contribution in [0.2, 0.25) is 0 Å². The Kier molecular flexibility index (Phi) is 4.84. The molecule has 26 heavy (non-hydrogen) atoms. The molecule has 0 aromatic carbocycles. The molecule has 0 saturated heterocycles. The van der Waals surface area contributed by atoms with Crippen molar-refractivity contribution in [3.63, 3.8) is 0 Å². The first kappa shape index (κ1) is 18.7. The highest BCUT2D eigenvalue weighted by molar-refractivity contribution is 5.87. The number of carbonyl (C=O) groups is 1. The van der Waals surface area contributed by atoms with Crippen LogP contribution in [-0.4, -0.2) is 23.5 Å². The number of unbranched alkanes of at least 4 members (excludes halogenated alkanes) is 1. The molecule has 3 N–H and O–H groups in total. The van der Waals surface area contributed by atoms with Gasteiger partial charge in [0, 0.05) is 11.8 Å². The standard InChI is InChI=1S/C23H37NO2/c1-22-10-8-15(5-3-4-12-24)13-19(22)20(25)14-16-17-6-7-21(26)23(17,2)11-9-18(16)22/h5,16-20,25H,3-4,6-14,24H2,1-2H3/b15-5+/t16-,17-,18-,19?,20-,22+,23-/m0/s1. The molecule has 7 atom stereocenters. The van der Waals surface area contributed by atoms with Gasteiger partial charge in [0.15, 0.2) is 0 Å². The number of carbonyl (C=O) groups excluding carboxylic acids is 1. The van der Waals surface area contributed by atoms with Gasteiger partial charge in [0.2, 0.25) is 0 Å². The lowest BCUT2D eigenvalue weighted by Crippen LogP contribution is -2.57. The van der Waals surface area contributed by atoms with E-state index in [2.05, 4.69) is 19.9 Å². The van der Waals surface area contributed by atoms with Gasteiger partial charge in [-0.25, -0.2) is 0 Å². The topological polar surface area (TPSA) is 63.3 Å². The van der Waals surface area contributed by atoms with Crippen LogP contribution >= 0.6 is 0 Å². The fourth-order valence-corrected chi connectivity index (χ4v) is 7.53. The second-order valence-electron chi connectivity index (χ2n) is 10.2. The molecule has 0 heterocycles. The zero-order valence-corrected chi connectivity index (χ0v) is 16.7. The summed E-state index contributed by atoms with van der Waals surface area (Å²) in [4.78, 5) is 12.5. The first-order chi connectivity index (χ1) is 12.4. The van der Waals surface area contributed by atoms with Gasteiger partial charge in [-0.1, -0.05) is 25.5 Å². The van der Waals surface area contributed by atoms with Crippen molar-refractivity contribution < 1.29 is 9.90 Å². The highest BCUT2D eigenvalue weighted by Gasteiger charge is 2.61. The number of ketones is 1. The molecule has 4 rings (SSSR count). The van der Waals surface area contributed by atoms with Crippen molar-refractivity contribution in [2.75, 3.05) is 6.54 Å². The van der Waals surface area contributed by atoms with Crippen molar-refractivity contribution in [2.24, 2.45) is 40.2 Å². The van der Waals surface area contributed by atoms with E-state index in [9.17, 15) is 9.90 Å². The summed E-state index contributed by atoms with van der Waals surface area (Å²) in [5.74, 6) is 2.67. The lowest BCUT2D eigenvalue weighted by molar-refractivity contribution is -0.155. The number of allylic oxidation sites excluding steroid dienone is 2. The minimum atomic E-state index is -0.197. The third-order valence-corrected chi connectivity index (χ3v) is 9.13. The van der Waals surface area contributed by atoms with E-state index >= 15 is 0 Å². The summed E-state index contributed by atoms with van der Waals surface area (Å²) in [5.41, 5.74) is 7.35. The van der Waals surface area contributed by atoms with Crippen molar-refractivity contribution in [3.05, 3.63) is 11.6 Å². The number of aliphatic hydroxyl groups excluding tert-OH is 1. The molecule has 0 aliphatic heterocycles. The third-order valence-electron chi connectivity index (χ3n) is 9.13. The Balaban J connectivity index is 1.56. The van der Waals surface area contributed by atoms with Crippen LogP contribution in [0.25, 0.3) is 0 Å². The minimum absolute atomic E-state index is 0.0912. The van der Waals surface area contributed by atoms with E-state index in [1.807, 2.05) is 0 Å². The number of hydrogen-bond donors (Lipinski definition) is 2. The number of fused-ring (bicyclic) bond motifs is 5. The van der Waals surface area contributed by atoms with Crippen LogP contribution in [0.15, 0.2) is 11.6 Å². The maximum atomic E-state index is 12.5. The molecule has 0 aromatic heterocycles. The van der Waals surface area contributed by atoms with Gasteiger partial charge in [0.05, 0.1) is 6.10 Å². The summed E-state index contributed by atoms with van der Waals surface area (Å²) < 4.78 is 0. The van der Waals surface area contributed by atoms with Crippen LogP contribution in [0, 0.1) is 34.5 Å². The van der Waals surface area contributed by atoms with Gasteiger partial charge >= 0.3 is 0 Å². The predicted octanol–water partition coefficient (Wildman–Crippen LogP) is 4.23. The Labute approximate surface area is 158 Å². The van der Waals surface area contributed by atoms with E-state index in [4.69, 9.17) is 5.73 Å². The van der Waals surface area contributed by atoms with Gasteiger partial charge in [0.1, 0.15) is 5.78 Å². The molecule has 0 bridgehead atoms. The molecule has 4 aliphatic rings. The summed E-state index contributed by atoms with van der Waals surface area (Å²) in [7, 11) is 0. The molecule has 4 aliphatic carbocycles. The Hall–Kier alpha value is -0.670. The average Bonchev–Trinajstić information content (AvgIpc) is 2.92. The highest BCUT2D eigenvalue weighted by Crippen LogP contribution is 2.65. The Morgan fingerprint density at radius 3 is 2.73 bits per heavy atom. The molecule has 1 unspecified atom stereocenters. The number of rotatable bonds is 3. The van der Waals surface area contributed by atoms with E-state index in [0.717, 1.165) is 51.5 Å². The molecule has 146 valence electrons. The summed E-state index contributed by atoms with van der Waals surface area (Å²) in [6.45, 7) is 5.45. The van der Waals surface area contributed by atoms with Crippen molar-refractivity contribution in [1.29, 1.82) is 0 Å². The van der Waals surface area contributed by atoms with Crippen LogP contribution < -0.4 is 5.73 Å². The Morgan fingerprint density at radius 2 is 1.96 bits per heavy atom. The fraction of sp³-hybridized carbons (Fsp3) is 0.870. The fourth-order valence-electron chi connectivity index (χ4n) is 7.53. The molecule has 4 saturated carbocycles. The van der Waals surface area contributed by atoms with Gasteiger partial charge in [-0.05, 0) is 93.4 Å². The second-order valence-corrected chi connectivity index (χ2v) is 10.2. The number of aliphatic hydroxyl groups is 1. The molecular weight excluding hydrogens is 322 g/mol. The molecule has 3 nitrogen and oxygen atoms in total. The lowest BCUT2D eigenvalue weighted by Gasteiger charge is -2.61. The number of Topliss-reactive ketones (excluding diaryl/α,β-unsaturated/α-hetero) is 1. The summed E-state index contributed by atoms with van der Waals surface area (Å²) in [6, 6.07) is 0. The molecule has 0 amide bonds. The molecular formula is C23H37NO2. The largest absolute Gasteiger partial charge is 0.393 e. The summed E-state index contributed by atoms with van der Waals surface area (Å²) in [5, 5.41) is 11.1. The van der Waals surface area contributed by atoms with Gasteiger partial charge in [0.25, 0.3) is 0 Å². The molecule has 0 aromatic rings. The van der Waals surface area contributed by atoms with Gasteiger partial charge in [-0.15, -0.1) is 0 Å². The monoisotopic (exact) mass is 359 g/mol. The molecule has 0 spiro atoms. The van der Waals surface area contributed by atoms with Gasteiger partial charge < -0.3 is 10.8 Å². The van der Waals surface area contributed by atoms with Crippen molar-refractivity contribution in [3.8, 4) is 0 Å². The predicted molar refractivity (Wildman–Crippen MR) is 104 cm³/mol. The maximum absolute atomic E-state index is 12.5. The van der Waals surface area contributed by atoms with E-state index in [-0.39, 0.29) is 16.9 Å². The van der Waals surface area contributed by atoms with E-state index in [1.54, 1.807) is 5.57 Å². The zero-order chi connectivity index (χ0) is 18.5. The zero-order valence-electron chi connectivity index (χ0n) is 16.7. The Bertz CT molecular complexity index is 599. The molecule has 4 fully saturated rings. The lowest BCUT2D eigenvalue weighted by atomic mass is 9.44. The first-order valence-corrected chi connectivity index (χ1v) is 11.0. The number of hydrogen-bond acceptors (Lipinski definition) is 3. The SMILES string of the molecule is C[C@]12CC/C(=C\CCCN)CC1[C@@H](O)C[C@@H]1[C@@H]2CC[C@]2(C)C(=O)CC[C@@H]12. The van der Waals surface area contributed by atoms with Gasteiger partial charge in [-0.3, -0.25) is 4.79 Å². The number of nitrogens with two attached hydrogens (primary N) is 1. The van der Waals surface area contributed by atoms with Crippen LogP contribution in [0.5, 0.6) is 0 Å². The minimum Gasteiger partial charge on any atom is -0.393 e. The van der Waals surface area contributed by atoms with Gasteiger partial charge in [-0.2, -0.15) is 0 Å². The van der Waals surface area contributed by atoms with Crippen LogP contribution in [0.1, 0.15) is 78.1 Å². The molecule has 0 radical (unpaired) electrons. The average molecular weight is 360 g/mol. The third kappa shape index (κ3) is 2.73. The van der Waals surface area contributed by atoms with E-state index in [1.165, 1.54) is 19.3 Å². The maximum Gasteiger partial charge on any atom is 0.139 e. The van der Waals surface area contributed by atoms with Crippen molar-refractivity contribution in [2.45, 2.75) is 84.2 Å². The smallest absolute Gasteiger partial charge is 0.139 e. The van der Waals surface area contributed by atoms with Crippen molar-refractivity contribution in [1.82, 2.24) is 0 Å².